The number of halogens is 1. The molecule has 162 valence electrons. The number of hydrogen-bond acceptors (Lipinski definition) is 3. The van der Waals surface area contributed by atoms with Crippen molar-refractivity contribution in [3.63, 3.8) is 0 Å². The molecule has 2 N–H and O–H groups in total. The maximum atomic E-state index is 13.5. The highest BCUT2D eigenvalue weighted by Crippen LogP contribution is 2.40. The first-order valence-corrected chi connectivity index (χ1v) is 11.7. The van der Waals surface area contributed by atoms with E-state index in [4.69, 9.17) is 16.3 Å². The second-order valence-electron chi connectivity index (χ2n) is 9.36. The van der Waals surface area contributed by atoms with Gasteiger partial charge in [-0.1, -0.05) is 43.5 Å². The Labute approximate surface area is 181 Å². The van der Waals surface area contributed by atoms with Crippen molar-refractivity contribution in [2.24, 2.45) is 5.92 Å². The second kappa shape index (κ2) is 10.3. The molecule has 3 unspecified atom stereocenters. The van der Waals surface area contributed by atoms with Crippen molar-refractivity contribution in [3.05, 3.63) is 34.9 Å². The third-order valence-electron chi connectivity index (χ3n) is 6.46. The highest BCUT2D eigenvalue weighted by molar-refractivity contribution is 6.30. The van der Waals surface area contributed by atoms with E-state index in [1.54, 1.807) is 0 Å². The summed E-state index contributed by atoms with van der Waals surface area (Å²) in [6.45, 7) is 8.04. The molecule has 1 aliphatic carbocycles. The van der Waals surface area contributed by atoms with Crippen molar-refractivity contribution in [1.82, 2.24) is 10.6 Å². The molecule has 3 rings (SSSR count). The first kappa shape index (κ1) is 22.6. The van der Waals surface area contributed by atoms with Crippen LogP contribution in [0.3, 0.4) is 0 Å². The Hall–Kier alpha value is -1.10. The van der Waals surface area contributed by atoms with Gasteiger partial charge >= 0.3 is 0 Å². The number of carbonyl (C=O) groups excluding carboxylic acids is 1. The lowest BCUT2D eigenvalue weighted by Crippen LogP contribution is -2.53. The fraction of sp³-hybridized carbons (Fsp3) is 0.708. The van der Waals surface area contributed by atoms with Crippen LogP contribution in [0.15, 0.2) is 24.3 Å². The van der Waals surface area contributed by atoms with E-state index >= 15 is 0 Å². The van der Waals surface area contributed by atoms with Crippen LogP contribution in [0.25, 0.3) is 0 Å². The first-order chi connectivity index (χ1) is 13.9. The van der Waals surface area contributed by atoms with Gasteiger partial charge in [0.05, 0.1) is 11.6 Å². The predicted octanol–water partition coefficient (Wildman–Crippen LogP) is 5.06. The number of ether oxygens (including phenoxy) is 1. The van der Waals surface area contributed by atoms with E-state index < -0.39 is 0 Å². The molecule has 0 aromatic heterocycles. The Morgan fingerprint density at radius 1 is 1.21 bits per heavy atom. The van der Waals surface area contributed by atoms with Gasteiger partial charge in [-0.25, -0.2) is 0 Å². The number of nitrogens with one attached hydrogen (secondary N) is 2. The van der Waals surface area contributed by atoms with Crippen molar-refractivity contribution < 1.29 is 9.53 Å². The molecule has 2 fully saturated rings. The molecule has 29 heavy (non-hydrogen) atoms. The summed E-state index contributed by atoms with van der Waals surface area (Å²) in [6, 6.07) is 8.17. The van der Waals surface area contributed by atoms with Crippen molar-refractivity contribution in [3.8, 4) is 0 Å². The van der Waals surface area contributed by atoms with E-state index in [1.807, 2.05) is 12.1 Å². The molecular weight excluding hydrogens is 384 g/mol. The molecule has 1 aliphatic heterocycles. The average Bonchev–Trinajstić information content (AvgIpc) is 3.18. The summed E-state index contributed by atoms with van der Waals surface area (Å²) in [7, 11) is 0. The van der Waals surface area contributed by atoms with Gasteiger partial charge < -0.3 is 15.4 Å². The van der Waals surface area contributed by atoms with Crippen molar-refractivity contribution in [2.45, 2.75) is 89.3 Å². The average molecular weight is 421 g/mol. The summed E-state index contributed by atoms with van der Waals surface area (Å²) in [6.07, 6.45) is 7.54. The van der Waals surface area contributed by atoms with Gasteiger partial charge in [-0.2, -0.15) is 0 Å². The Morgan fingerprint density at radius 2 is 1.90 bits per heavy atom. The standard InChI is InChI=1S/C24H37ClN2O2/c1-4-14-26-22(23(28)27-20-7-5-6-8-20)21(17-9-11-19(25)12-10-17)18-13-15-29-24(2,3)16-18/h9-12,18,20-22,26H,4-8,13-16H2,1-3H3,(H,27,28). The van der Waals surface area contributed by atoms with Crippen molar-refractivity contribution >= 4 is 17.5 Å². The Kier molecular flexibility index (Phi) is 8.00. The van der Waals surface area contributed by atoms with E-state index in [0.29, 0.717) is 12.0 Å². The maximum absolute atomic E-state index is 13.5. The summed E-state index contributed by atoms with van der Waals surface area (Å²) in [5, 5.41) is 7.68. The molecule has 1 aromatic rings. The summed E-state index contributed by atoms with van der Waals surface area (Å²) in [4.78, 5) is 13.5. The van der Waals surface area contributed by atoms with E-state index in [1.165, 1.54) is 18.4 Å². The maximum Gasteiger partial charge on any atom is 0.237 e. The Balaban J connectivity index is 1.90. The molecule has 1 saturated heterocycles. The highest BCUT2D eigenvalue weighted by atomic mass is 35.5. The number of benzene rings is 1. The minimum atomic E-state index is -0.240. The summed E-state index contributed by atoms with van der Waals surface area (Å²) in [5.41, 5.74) is 1.03. The zero-order chi connectivity index (χ0) is 20.9. The molecule has 0 spiro atoms. The quantitative estimate of drug-likeness (QED) is 0.618. The lowest BCUT2D eigenvalue weighted by Gasteiger charge is -2.42. The molecular formula is C24H37ClN2O2. The van der Waals surface area contributed by atoms with E-state index in [-0.39, 0.29) is 23.5 Å². The van der Waals surface area contributed by atoms with E-state index in [0.717, 1.165) is 50.3 Å². The number of hydrogen-bond donors (Lipinski definition) is 2. The van der Waals surface area contributed by atoms with Gasteiger partial charge in [0.2, 0.25) is 5.91 Å². The zero-order valence-electron chi connectivity index (χ0n) is 18.2. The number of carbonyl (C=O) groups is 1. The van der Waals surface area contributed by atoms with Crippen LogP contribution in [0.4, 0.5) is 0 Å². The molecule has 0 radical (unpaired) electrons. The molecule has 5 heteroatoms. The fourth-order valence-electron chi connectivity index (χ4n) is 5.05. The summed E-state index contributed by atoms with van der Waals surface area (Å²) in [5.74, 6) is 0.626. The summed E-state index contributed by atoms with van der Waals surface area (Å²) < 4.78 is 5.99. The van der Waals surface area contributed by atoms with Crippen LogP contribution < -0.4 is 10.6 Å². The van der Waals surface area contributed by atoms with Crippen LogP contribution in [0.5, 0.6) is 0 Å². The van der Waals surface area contributed by atoms with Crippen LogP contribution in [-0.4, -0.2) is 36.7 Å². The third kappa shape index (κ3) is 6.19. The Morgan fingerprint density at radius 3 is 2.52 bits per heavy atom. The van der Waals surface area contributed by atoms with Gasteiger partial charge in [-0.15, -0.1) is 0 Å². The predicted molar refractivity (Wildman–Crippen MR) is 119 cm³/mol. The van der Waals surface area contributed by atoms with Crippen LogP contribution >= 0.6 is 11.6 Å². The van der Waals surface area contributed by atoms with Crippen LogP contribution in [0, 0.1) is 5.92 Å². The molecule has 1 saturated carbocycles. The van der Waals surface area contributed by atoms with Crippen molar-refractivity contribution in [2.75, 3.05) is 13.2 Å². The van der Waals surface area contributed by atoms with Gasteiger partial charge in [0, 0.05) is 23.6 Å². The molecule has 1 aromatic carbocycles. The smallest absolute Gasteiger partial charge is 0.237 e. The largest absolute Gasteiger partial charge is 0.376 e. The lowest BCUT2D eigenvalue weighted by molar-refractivity contribution is -0.126. The van der Waals surface area contributed by atoms with Gasteiger partial charge in [0.1, 0.15) is 0 Å². The molecule has 4 nitrogen and oxygen atoms in total. The van der Waals surface area contributed by atoms with E-state index in [9.17, 15) is 4.79 Å². The van der Waals surface area contributed by atoms with Crippen molar-refractivity contribution in [1.29, 1.82) is 0 Å². The van der Waals surface area contributed by atoms with Gasteiger partial charge in [0.15, 0.2) is 0 Å². The van der Waals surface area contributed by atoms with Crippen LogP contribution in [0.1, 0.15) is 77.2 Å². The molecule has 1 heterocycles. The van der Waals surface area contributed by atoms with Gasteiger partial charge in [0.25, 0.3) is 0 Å². The second-order valence-corrected chi connectivity index (χ2v) is 9.80. The molecule has 1 amide bonds. The lowest BCUT2D eigenvalue weighted by atomic mass is 9.73. The number of amides is 1. The fourth-order valence-corrected chi connectivity index (χ4v) is 5.18. The normalized spacial score (nSPS) is 24.2. The van der Waals surface area contributed by atoms with Gasteiger partial charge in [-0.3, -0.25) is 4.79 Å². The minimum Gasteiger partial charge on any atom is -0.376 e. The minimum absolute atomic E-state index is 0.100. The first-order valence-electron chi connectivity index (χ1n) is 11.3. The summed E-state index contributed by atoms with van der Waals surface area (Å²) >= 11 is 6.17. The van der Waals surface area contributed by atoms with E-state index in [2.05, 4.69) is 43.5 Å². The van der Waals surface area contributed by atoms with Crippen LogP contribution in [0.2, 0.25) is 5.02 Å². The monoisotopic (exact) mass is 420 g/mol. The SMILES string of the molecule is CCCNC(C(=O)NC1CCCC1)C(c1ccc(Cl)cc1)C1CCOC(C)(C)C1. The highest BCUT2D eigenvalue weighted by Gasteiger charge is 2.40. The molecule has 3 atom stereocenters. The number of rotatable bonds is 8. The van der Waals surface area contributed by atoms with Gasteiger partial charge in [-0.05, 0) is 76.1 Å². The molecule has 2 aliphatic rings. The topological polar surface area (TPSA) is 50.4 Å². The Bertz CT molecular complexity index is 655. The zero-order valence-corrected chi connectivity index (χ0v) is 18.9. The third-order valence-corrected chi connectivity index (χ3v) is 6.71. The molecule has 0 bridgehead atoms. The van der Waals surface area contributed by atoms with Crippen LogP contribution in [-0.2, 0) is 9.53 Å².